The Kier molecular flexibility index (Phi) is 8.29. The Balaban J connectivity index is 1.38. The molecule has 9 heteroatoms. The lowest BCUT2D eigenvalue weighted by Crippen LogP contribution is -2.33. The zero-order valence-electron chi connectivity index (χ0n) is 21.0. The van der Waals surface area contributed by atoms with E-state index in [1.165, 1.54) is 10.5 Å². The summed E-state index contributed by atoms with van der Waals surface area (Å²) in [4.78, 5) is 13.4. The van der Waals surface area contributed by atoms with Crippen LogP contribution in [0, 0.1) is 0 Å². The van der Waals surface area contributed by atoms with E-state index in [9.17, 15) is 13.2 Å². The van der Waals surface area contributed by atoms with E-state index in [4.69, 9.17) is 4.74 Å². The van der Waals surface area contributed by atoms with Gasteiger partial charge in [0.2, 0.25) is 0 Å². The molecule has 4 aromatic carbocycles. The Hall–Kier alpha value is -4.08. The van der Waals surface area contributed by atoms with Gasteiger partial charge in [0.1, 0.15) is 11.9 Å². The van der Waals surface area contributed by atoms with Crippen molar-refractivity contribution in [3.05, 3.63) is 126 Å². The lowest BCUT2D eigenvalue weighted by Gasteiger charge is -2.26. The zero-order valence-corrected chi connectivity index (χ0v) is 22.6. The molecule has 0 aliphatic carbocycles. The van der Waals surface area contributed by atoms with Crippen LogP contribution >= 0.6 is 11.8 Å². The van der Waals surface area contributed by atoms with Crippen molar-refractivity contribution in [2.75, 3.05) is 15.8 Å². The Labute approximate surface area is 232 Å². The second kappa shape index (κ2) is 12.2. The molecule has 1 amide bonds. The predicted molar refractivity (Wildman–Crippen MR) is 156 cm³/mol. The minimum atomic E-state index is -3.98. The minimum absolute atomic E-state index is 0.0552. The summed E-state index contributed by atoms with van der Waals surface area (Å²) in [5.41, 5.74) is 4.56. The molecule has 0 atom stereocenters. The molecule has 1 aliphatic rings. The highest BCUT2D eigenvalue weighted by atomic mass is 32.2. The number of benzene rings is 4. The third-order valence-corrected chi connectivity index (χ3v) is 9.08. The molecular weight excluding hydrogens is 530 g/mol. The van der Waals surface area contributed by atoms with Gasteiger partial charge in [-0.1, -0.05) is 60.7 Å². The highest BCUT2D eigenvalue weighted by molar-refractivity contribution is 8.00. The molecule has 7 nitrogen and oxygen atoms in total. The summed E-state index contributed by atoms with van der Waals surface area (Å²) in [6.45, 7) is 0.0552. The number of hydrazone groups is 1. The van der Waals surface area contributed by atoms with Crippen LogP contribution in [0.5, 0.6) is 5.75 Å². The number of carbonyl (C=O) groups is 1. The fourth-order valence-electron chi connectivity index (χ4n) is 3.98. The Morgan fingerprint density at radius 1 is 0.897 bits per heavy atom. The molecule has 0 aromatic heterocycles. The summed E-state index contributed by atoms with van der Waals surface area (Å²) >= 11 is 1.86. The maximum absolute atomic E-state index is 13.8. The monoisotopic (exact) mass is 557 g/mol. The van der Waals surface area contributed by atoms with E-state index in [1.807, 2.05) is 66.4 Å². The average molecular weight is 558 g/mol. The van der Waals surface area contributed by atoms with Crippen LogP contribution in [0.4, 0.5) is 5.69 Å². The number of para-hydroxylation sites is 1. The van der Waals surface area contributed by atoms with E-state index in [2.05, 4.69) is 10.5 Å². The molecule has 0 saturated carbocycles. The van der Waals surface area contributed by atoms with Gasteiger partial charge in [-0.2, -0.15) is 16.9 Å². The number of thioether (sulfide) groups is 1. The first-order valence-corrected chi connectivity index (χ1v) is 15.0. The molecule has 198 valence electrons. The van der Waals surface area contributed by atoms with Crippen LogP contribution < -0.4 is 14.5 Å². The summed E-state index contributed by atoms with van der Waals surface area (Å²) < 4.78 is 34.7. The molecule has 0 unspecified atom stereocenters. The van der Waals surface area contributed by atoms with Gasteiger partial charge in [0.05, 0.1) is 28.9 Å². The van der Waals surface area contributed by atoms with E-state index >= 15 is 0 Å². The average Bonchev–Trinajstić information content (AvgIpc) is 2.95. The summed E-state index contributed by atoms with van der Waals surface area (Å²) in [7, 11) is -3.98. The summed E-state index contributed by atoms with van der Waals surface area (Å²) in [6.07, 6.45) is 1.80. The summed E-state index contributed by atoms with van der Waals surface area (Å²) in [5, 5.41) is 4.10. The molecule has 0 radical (unpaired) electrons. The van der Waals surface area contributed by atoms with Crippen LogP contribution in [0.25, 0.3) is 0 Å². The Morgan fingerprint density at radius 2 is 1.54 bits per heavy atom. The van der Waals surface area contributed by atoms with Crippen molar-refractivity contribution in [1.82, 2.24) is 5.43 Å². The van der Waals surface area contributed by atoms with Crippen LogP contribution in [-0.4, -0.2) is 38.1 Å². The standard InChI is InChI=1S/C30H27N3O4S2/c34-30(32-31-19-23-15-17-25(18-16-23)37-26-21-38-22-26)28-13-7-8-14-29(28)33(20-24-9-3-1-4-10-24)39(35,36)27-11-5-2-6-12-27/h1-19,26H,20-22H2,(H,32,34)/b31-19-. The van der Waals surface area contributed by atoms with Crippen LogP contribution in [0.15, 0.2) is 119 Å². The largest absolute Gasteiger partial charge is 0.489 e. The van der Waals surface area contributed by atoms with Gasteiger partial charge in [-0.05, 0) is 59.7 Å². The first-order valence-electron chi connectivity index (χ1n) is 12.4. The molecule has 1 saturated heterocycles. The second-order valence-electron chi connectivity index (χ2n) is 8.87. The third kappa shape index (κ3) is 6.50. The number of nitrogens with zero attached hydrogens (tertiary/aromatic N) is 2. The van der Waals surface area contributed by atoms with Crippen molar-refractivity contribution in [2.24, 2.45) is 5.10 Å². The first kappa shape index (κ1) is 26.5. The summed E-state index contributed by atoms with van der Waals surface area (Å²) in [5.74, 6) is 2.29. The molecule has 0 bridgehead atoms. The van der Waals surface area contributed by atoms with Crippen molar-refractivity contribution in [1.29, 1.82) is 0 Å². The van der Waals surface area contributed by atoms with Crippen molar-refractivity contribution in [3.8, 4) is 5.75 Å². The van der Waals surface area contributed by atoms with Crippen LogP contribution in [-0.2, 0) is 16.6 Å². The molecule has 1 heterocycles. The molecule has 1 aliphatic heterocycles. The number of nitrogens with one attached hydrogen (secondary N) is 1. The maximum Gasteiger partial charge on any atom is 0.273 e. The molecule has 5 rings (SSSR count). The molecule has 4 aromatic rings. The Bertz CT molecular complexity index is 1540. The highest BCUT2D eigenvalue weighted by Gasteiger charge is 2.28. The fourth-order valence-corrected chi connectivity index (χ4v) is 6.04. The number of anilines is 1. The van der Waals surface area contributed by atoms with E-state index < -0.39 is 15.9 Å². The fraction of sp³-hybridized carbons (Fsp3) is 0.133. The molecular formula is C30H27N3O4S2. The molecule has 0 spiro atoms. The number of hydrogen-bond acceptors (Lipinski definition) is 6. The SMILES string of the molecule is O=C(N/N=C\c1ccc(OC2CSC2)cc1)c1ccccc1N(Cc1ccccc1)S(=O)(=O)c1ccccc1. The molecule has 1 N–H and O–H groups in total. The van der Waals surface area contributed by atoms with Crippen molar-refractivity contribution in [2.45, 2.75) is 17.5 Å². The lowest BCUT2D eigenvalue weighted by atomic mass is 10.1. The van der Waals surface area contributed by atoms with Gasteiger partial charge in [-0.15, -0.1) is 0 Å². The number of sulfonamides is 1. The number of carbonyl (C=O) groups excluding carboxylic acids is 1. The molecule has 39 heavy (non-hydrogen) atoms. The highest BCUT2D eigenvalue weighted by Crippen LogP contribution is 2.29. The van der Waals surface area contributed by atoms with Gasteiger partial charge in [0.15, 0.2) is 0 Å². The predicted octanol–water partition coefficient (Wildman–Crippen LogP) is 5.34. The number of ether oxygens (including phenoxy) is 1. The minimum Gasteiger partial charge on any atom is -0.489 e. The zero-order chi connectivity index (χ0) is 27.1. The van der Waals surface area contributed by atoms with E-state index in [-0.39, 0.29) is 28.8 Å². The second-order valence-corrected chi connectivity index (χ2v) is 11.8. The normalized spacial score (nSPS) is 13.5. The van der Waals surface area contributed by atoms with Gasteiger partial charge in [-0.3, -0.25) is 9.10 Å². The van der Waals surface area contributed by atoms with E-state index in [0.717, 1.165) is 28.4 Å². The van der Waals surface area contributed by atoms with E-state index in [1.54, 1.807) is 54.6 Å². The number of rotatable bonds is 10. The lowest BCUT2D eigenvalue weighted by molar-refractivity contribution is 0.0955. The first-order chi connectivity index (χ1) is 19.0. The van der Waals surface area contributed by atoms with Gasteiger partial charge >= 0.3 is 0 Å². The number of hydrogen-bond donors (Lipinski definition) is 1. The van der Waals surface area contributed by atoms with Gasteiger partial charge in [-0.25, -0.2) is 13.8 Å². The van der Waals surface area contributed by atoms with Crippen molar-refractivity contribution in [3.63, 3.8) is 0 Å². The van der Waals surface area contributed by atoms with E-state index in [0.29, 0.717) is 0 Å². The van der Waals surface area contributed by atoms with Crippen molar-refractivity contribution >= 4 is 39.6 Å². The third-order valence-electron chi connectivity index (χ3n) is 6.09. The maximum atomic E-state index is 13.8. The Morgan fingerprint density at radius 3 is 2.21 bits per heavy atom. The van der Waals surface area contributed by atoms with Crippen LogP contribution in [0.3, 0.4) is 0 Å². The summed E-state index contributed by atoms with van der Waals surface area (Å²) in [6, 6.07) is 31.5. The van der Waals surface area contributed by atoms with Crippen LogP contribution in [0.1, 0.15) is 21.5 Å². The smallest absolute Gasteiger partial charge is 0.273 e. The van der Waals surface area contributed by atoms with Crippen LogP contribution in [0.2, 0.25) is 0 Å². The topological polar surface area (TPSA) is 88.1 Å². The van der Waals surface area contributed by atoms with Gasteiger partial charge in [0, 0.05) is 11.5 Å². The van der Waals surface area contributed by atoms with Crippen molar-refractivity contribution < 1.29 is 17.9 Å². The quantitative estimate of drug-likeness (QED) is 0.210. The molecule has 1 fully saturated rings. The number of amides is 1. The van der Waals surface area contributed by atoms with Gasteiger partial charge < -0.3 is 4.74 Å². The van der Waals surface area contributed by atoms with Gasteiger partial charge in [0.25, 0.3) is 15.9 Å².